The topological polar surface area (TPSA) is 59.9 Å². The standard InChI is InChI=1S/C20H23ClN2O3/c1-5-25-18-9-7-6-8-16(18)12-22-23-20(24)15(4)26-17-10-13(2)19(21)14(3)11-17/h6-12,15H,5H2,1-4H3,(H,23,24)/b22-12+. The molecule has 0 fully saturated rings. The third-order valence-corrected chi connectivity index (χ3v) is 4.29. The Labute approximate surface area is 159 Å². The highest BCUT2D eigenvalue weighted by Gasteiger charge is 2.15. The normalized spacial score (nSPS) is 12.0. The van der Waals surface area contributed by atoms with Crippen LogP contribution >= 0.6 is 11.6 Å². The zero-order valence-electron chi connectivity index (χ0n) is 15.4. The number of benzene rings is 2. The van der Waals surface area contributed by atoms with Crippen LogP contribution in [0.2, 0.25) is 5.02 Å². The van der Waals surface area contributed by atoms with Crippen LogP contribution in [-0.2, 0) is 4.79 Å². The minimum atomic E-state index is -0.700. The Morgan fingerprint density at radius 1 is 1.27 bits per heavy atom. The molecule has 1 N–H and O–H groups in total. The quantitative estimate of drug-likeness (QED) is 0.581. The van der Waals surface area contributed by atoms with Crippen LogP contribution in [0.15, 0.2) is 41.5 Å². The number of aryl methyl sites for hydroxylation is 2. The van der Waals surface area contributed by atoms with E-state index in [1.807, 2.05) is 45.0 Å². The molecular formula is C20H23ClN2O3. The first-order chi connectivity index (χ1) is 12.4. The molecule has 0 aliphatic heterocycles. The predicted octanol–water partition coefficient (Wildman–Crippen LogP) is 4.27. The van der Waals surface area contributed by atoms with Gasteiger partial charge in [0.1, 0.15) is 11.5 Å². The molecule has 0 spiro atoms. The molecule has 2 aromatic rings. The van der Waals surface area contributed by atoms with Gasteiger partial charge in [-0.2, -0.15) is 5.10 Å². The summed E-state index contributed by atoms with van der Waals surface area (Å²) in [4.78, 5) is 12.2. The number of carbonyl (C=O) groups is 1. The van der Waals surface area contributed by atoms with Crippen molar-refractivity contribution in [2.75, 3.05) is 6.61 Å². The molecule has 0 radical (unpaired) electrons. The molecule has 0 saturated carbocycles. The van der Waals surface area contributed by atoms with E-state index in [2.05, 4.69) is 10.5 Å². The van der Waals surface area contributed by atoms with E-state index >= 15 is 0 Å². The molecule has 138 valence electrons. The molecule has 0 aliphatic carbocycles. The Hall–Kier alpha value is -2.53. The van der Waals surface area contributed by atoms with Gasteiger partial charge in [0, 0.05) is 10.6 Å². The summed E-state index contributed by atoms with van der Waals surface area (Å²) < 4.78 is 11.2. The van der Waals surface area contributed by atoms with Crippen LogP contribution in [0.3, 0.4) is 0 Å². The summed E-state index contributed by atoms with van der Waals surface area (Å²) in [5.41, 5.74) is 5.07. The van der Waals surface area contributed by atoms with E-state index in [4.69, 9.17) is 21.1 Å². The Bertz CT molecular complexity index is 782. The number of hydrazone groups is 1. The zero-order valence-corrected chi connectivity index (χ0v) is 16.1. The third kappa shape index (κ3) is 5.23. The van der Waals surface area contributed by atoms with Gasteiger partial charge >= 0.3 is 0 Å². The summed E-state index contributed by atoms with van der Waals surface area (Å²) in [5, 5.41) is 4.69. The van der Waals surface area contributed by atoms with Crippen molar-refractivity contribution in [1.29, 1.82) is 0 Å². The number of halogens is 1. The van der Waals surface area contributed by atoms with Gasteiger partial charge in [-0.3, -0.25) is 4.79 Å². The molecule has 2 rings (SSSR count). The average Bonchev–Trinajstić information content (AvgIpc) is 2.61. The van der Waals surface area contributed by atoms with Crippen LogP contribution in [0.4, 0.5) is 0 Å². The maximum atomic E-state index is 12.2. The van der Waals surface area contributed by atoms with Gasteiger partial charge in [0.15, 0.2) is 6.10 Å². The molecule has 0 aromatic heterocycles. The molecule has 0 saturated heterocycles. The summed E-state index contributed by atoms with van der Waals surface area (Å²) >= 11 is 6.15. The van der Waals surface area contributed by atoms with Crippen molar-refractivity contribution in [3.8, 4) is 11.5 Å². The Kier molecular flexibility index (Phi) is 7.04. The number of hydrogen-bond acceptors (Lipinski definition) is 4. The molecule has 5 nitrogen and oxygen atoms in total. The molecule has 6 heteroatoms. The number of nitrogens with zero attached hydrogens (tertiary/aromatic N) is 1. The molecular weight excluding hydrogens is 352 g/mol. The van der Waals surface area contributed by atoms with Crippen LogP contribution in [-0.4, -0.2) is 24.8 Å². The number of hydrogen-bond donors (Lipinski definition) is 1. The number of rotatable bonds is 7. The van der Waals surface area contributed by atoms with Crippen molar-refractivity contribution in [3.63, 3.8) is 0 Å². The van der Waals surface area contributed by atoms with Gasteiger partial charge in [-0.15, -0.1) is 0 Å². The van der Waals surface area contributed by atoms with Crippen LogP contribution < -0.4 is 14.9 Å². The number of amides is 1. The lowest BCUT2D eigenvalue weighted by Crippen LogP contribution is -2.33. The molecule has 0 heterocycles. The second kappa shape index (κ2) is 9.25. The second-order valence-corrected chi connectivity index (χ2v) is 6.21. The van der Waals surface area contributed by atoms with E-state index in [1.165, 1.54) is 0 Å². The lowest BCUT2D eigenvalue weighted by atomic mass is 10.1. The first-order valence-corrected chi connectivity index (χ1v) is 8.78. The van der Waals surface area contributed by atoms with Crippen LogP contribution in [0.1, 0.15) is 30.5 Å². The van der Waals surface area contributed by atoms with Crippen molar-refractivity contribution in [2.45, 2.75) is 33.8 Å². The van der Waals surface area contributed by atoms with Crippen molar-refractivity contribution in [3.05, 3.63) is 58.1 Å². The molecule has 26 heavy (non-hydrogen) atoms. The summed E-state index contributed by atoms with van der Waals surface area (Å²) in [6, 6.07) is 11.1. The van der Waals surface area contributed by atoms with Crippen molar-refractivity contribution < 1.29 is 14.3 Å². The van der Waals surface area contributed by atoms with Gasteiger partial charge in [-0.25, -0.2) is 5.43 Å². The van der Waals surface area contributed by atoms with Gasteiger partial charge in [0.25, 0.3) is 5.91 Å². The van der Waals surface area contributed by atoms with E-state index in [0.29, 0.717) is 23.1 Å². The zero-order chi connectivity index (χ0) is 19.1. The van der Waals surface area contributed by atoms with Gasteiger partial charge < -0.3 is 9.47 Å². The fraction of sp³-hybridized carbons (Fsp3) is 0.300. The SMILES string of the molecule is CCOc1ccccc1/C=N/NC(=O)C(C)Oc1cc(C)c(Cl)c(C)c1. The number of nitrogens with one attached hydrogen (secondary N) is 1. The van der Waals surface area contributed by atoms with Gasteiger partial charge in [0.2, 0.25) is 0 Å². The highest BCUT2D eigenvalue weighted by Crippen LogP contribution is 2.26. The second-order valence-electron chi connectivity index (χ2n) is 5.84. The van der Waals surface area contributed by atoms with E-state index in [0.717, 1.165) is 16.7 Å². The Balaban J connectivity index is 1.97. The van der Waals surface area contributed by atoms with Gasteiger partial charge in [-0.1, -0.05) is 23.7 Å². The molecule has 0 bridgehead atoms. The summed E-state index contributed by atoms with van der Waals surface area (Å²) in [5.74, 6) is 0.961. The third-order valence-electron chi connectivity index (χ3n) is 3.69. The molecule has 2 aromatic carbocycles. The first kappa shape index (κ1) is 19.8. The molecule has 0 aliphatic rings. The highest BCUT2D eigenvalue weighted by molar-refractivity contribution is 6.32. The van der Waals surface area contributed by atoms with Crippen molar-refractivity contribution in [1.82, 2.24) is 5.43 Å². The van der Waals surface area contributed by atoms with Gasteiger partial charge in [-0.05, 0) is 63.1 Å². The Morgan fingerprint density at radius 3 is 2.58 bits per heavy atom. The van der Waals surface area contributed by atoms with Crippen molar-refractivity contribution >= 4 is 23.7 Å². The van der Waals surface area contributed by atoms with Crippen LogP contribution in [0.5, 0.6) is 11.5 Å². The van der Waals surface area contributed by atoms with Gasteiger partial charge in [0.05, 0.1) is 12.8 Å². The lowest BCUT2D eigenvalue weighted by molar-refractivity contribution is -0.127. The average molecular weight is 375 g/mol. The molecule has 1 atom stereocenters. The van der Waals surface area contributed by atoms with Crippen LogP contribution in [0.25, 0.3) is 0 Å². The van der Waals surface area contributed by atoms with E-state index in [9.17, 15) is 4.79 Å². The highest BCUT2D eigenvalue weighted by atomic mass is 35.5. The first-order valence-electron chi connectivity index (χ1n) is 8.40. The van der Waals surface area contributed by atoms with E-state index in [1.54, 1.807) is 25.3 Å². The minimum absolute atomic E-state index is 0.347. The summed E-state index contributed by atoms with van der Waals surface area (Å²) in [7, 11) is 0. The summed E-state index contributed by atoms with van der Waals surface area (Å²) in [6.07, 6.45) is 0.848. The fourth-order valence-corrected chi connectivity index (χ4v) is 2.47. The van der Waals surface area contributed by atoms with E-state index in [-0.39, 0.29) is 5.91 Å². The van der Waals surface area contributed by atoms with Crippen LogP contribution in [0, 0.1) is 13.8 Å². The maximum Gasteiger partial charge on any atom is 0.280 e. The van der Waals surface area contributed by atoms with E-state index < -0.39 is 6.10 Å². The fourth-order valence-electron chi connectivity index (χ4n) is 2.36. The van der Waals surface area contributed by atoms with Crippen molar-refractivity contribution in [2.24, 2.45) is 5.10 Å². The number of carbonyl (C=O) groups excluding carboxylic acids is 1. The monoisotopic (exact) mass is 374 g/mol. The number of para-hydroxylation sites is 1. The largest absolute Gasteiger partial charge is 0.493 e. The minimum Gasteiger partial charge on any atom is -0.493 e. The summed E-state index contributed by atoms with van der Waals surface area (Å²) in [6.45, 7) is 7.93. The number of ether oxygens (including phenoxy) is 2. The lowest BCUT2D eigenvalue weighted by Gasteiger charge is -2.15. The maximum absolute atomic E-state index is 12.2. The smallest absolute Gasteiger partial charge is 0.280 e. The molecule has 1 unspecified atom stereocenters. The molecule has 1 amide bonds. The predicted molar refractivity (Wildman–Crippen MR) is 104 cm³/mol. The Morgan fingerprint density at radius 2 is 1.92 bits per heavy atom.